The molecule has 1 amide bonds. The third kappa shape index (κ3) is 4.87. The van der Waals surface area contributed by atoms with Crippen LogP contribution in [-0.4, -0.2) is 17.9 Å². The van der Waals surface area contributed by atoms with Gasteiger partial charge >= 0.3 is 0 Å². The third-order valence-electron chi connectivity index (χ3n) is 4.97. The molecule has 0 heterocycles. The summed E-state index contributed by atoms with van der Waals surface area (Å²) in [6, 6.07) is 27.5. The number of nitrogens with zero attached hydrogens (tertiary/aromatic N) is 1. The van der Waals surface area contributed by atoms with Gasteiger partial charge in [-0.25, -0.2) is 5.43 Å². The lowest BCUT2D eigenvalue weighted by molar-refractivity contribution is 0.0953. The Kier molecular flexibility index (Phi) is 6.20. The van der Waals surface area contributed by atoms with E-state index < -0.39 is 0 Å². The second-order valence-electron chi connectivity index (χ2n) is 7.03. The Balaban J connectivity index is 1.63. The number of ketones is 1. The van der Waals surface area contributed by atoms with Crippen molar-refractivity contribution in [3.05, 3.63) is 118 Å². The maximum Gasteiger partial charge on any atom is 0.271 e. The molecule has 31 heavy (non-hydrogen) atoms. The molecule has 4 aromatic rings. The van der Waals surface area contributed by atoms with Crippen LogP contribution in [-0.2, 0) is 6.42 Å². The van der Waals surface area contributed by atoms with Gasteiger partial charge in [0.1, 0.15) is 0 Å². The smallest absolute Gasteiger partial charge is 0.271 e. The summed E-state index contributed by atoms with van der Waals surface area (Å²) < 4.78 is 0. The van der Waals surface area contributed by atoms with Crippen LogP contribution in [0.1, 0.15) is 31.8 Å². The van der Waals surface area contributed by atoms with E-state index in [1.54, 1.807) is 54.7 Å². The van der Waals surface area contributed by atoms with Crippen molar-refractivity contribution in [3.63, 3.8) is 0 Å². The first-order chi connectivity index (χ1) is 15.1. The maximum atomic E-state index is 12.8. The number of fused-ring (bicyclic) bond motifs is 1. The van der Waals surface area contributed by atoms with E-state index in [0.717, 1.165) is 21.9 Å². The predicted octanol–water partition coefficient (Wildman–Crippen LogP) is 5.68. The van der Waals surface area contributed by atoms with Crippen LogP contribution >= 0.6 is 11.6 Å². The van der Waals surface area contributed by atoms with Gasteiger partial charge in [-0.3, -0.25) is 9.59 Å². The summed E-state index contributed by atoms with van der Waals surface area (Å²) in [6.07, 6.45) is 1.81. The quantitative estimate of drug-likeness (QED) is 0.245. The molecule has 5 heteroatoms. The van der Waals surface area contributed by atoms with Crippen molar-refractivity contribution in [1.82, 2.24) is 5.43 Å². The molecule has 0 radical (unpaired) electrons. The first kappa shape index (κ1) is 20.5. The summed E-state index contributed by atoms with van der Waals surface area (Å²) in [5, 5.41) is 6.74. The molecule has 4 nitrogen and oxygen atoms in total. The summed E-state index contributed by atoms with van der Waals surface area (Å²) in [4.78, 5) is 25.1. The van der Waals surface area contributed by atoms with Gasteiger partial charge in [0.25, 0.3) is 5.91 Å². The van der Waals surface area contributed by atoms with E-state index in [9.17, 15) is 9.59 Å². The molecule has 4 aromatic carbocycles. The minimum atomic E-state index is -0.295. The van der Waals surface area contributed by atoms with Crippen LogP contribution in [0, 0.1) is 0 Å². The number of rotatable bonds is 6. The van der Waals surface area contributed by atoms with E-state index in [-0.39, 0.29) is 18.1 Å². The average molecular weight is 427 g/mol. The zero-order valence-electron chi connectivity index (χ0n) is 16.6. The molecule has 1 N–H and O–H groups in total. The van der Waals surface area contributed by atoms with Crippen molar-refractivity contribution in [3.8, 4) is 0 Å². The van der Waals surface area contributed by atoms with Crippen LogP contribution in [0.2, 0.25) is 5.02 Å². The molecule has 0 unspecified atom stereocenters. The lowest BCUT2D eigenvalue weighted by atomic mass is 9.94. The number of carbonyl (C=O) groups is 2. The van der Waals surface area contributed by atoms with Gasteiger partial charge in [0.15, 0.2) is 5.78 Å². The minimum absolute atomic E-state index is 0.0186. The normalized spacial score (nSPS) is 11.0. The molecule has 4 rings (SSSR count). The Morgan fingerprint density at radius 2 is 1.52 bits per heavy atom. The Hall–Kier alpha value is -3.76. The van der Waals surface area contributed by atoms with Gasteiger partial charge in [-0.2, -0.15) is 5.10 Å². The number of halogens is 1. The third-order valence-corrected chi connectivity index (χ3v) is 5.23. The molecule has 0 saturated heterocycles. The Bertz CT molecular complexity index is 1270. The number of nitrogens with one attached hydrogen (secondary N) is 1. The highest BCUT2D eigenvalue weighted by Crippen LogP contribution is 2.23. The van der Waals surface area contributed by atoms with Crippen LogP contribution in [0.3, 0.4) is 0 Å². The van der Waals surface area contributed by atoms with Crippen molar-refractivity contribution in [2.24, 2.45) is 5.10 Å². The number of hydrogen-bond donors (Lipinski definition) is 1. The molecule has 0 fully saturated rings. The van der Waals surface area contributed by atoms with Gasteiger partial charge in [0.05, 0.1) is 6.21 Å². The van der Waals surface area contributed by atoms with Crippen molar-refractivity contribution < 1.29 is 9.59 Å². The molecule has 0 saturated carbocycles. The molecule has 0 aromatic heterocycles. The molecule has 0 aliphatic carbocycles. The fourth-order valence-corrected chi connectivity index (χ4v) is 3.49. The lowest BCUT2D eigenvalue weighted by Crippen LogP contribution is -2.17. The molecule has 0 atom stereocenters. The fourth-order valence-electron chi connectivity index (χ4n) is 3.37. The number of hydrazone groups is 1. The Morgan fingerprint density at radius 1 is 0.806 bits per heavy atom. The number of Topliss-reactive ketones (excluding diaryl/α,β-unsaturated/α-hetero) is 1. The van der Waals surface area contributed by atoms with Gasteiger partial charge in [-0.05, 0) is 52.7 Å². The van der Waals surface area contributed by atoms with Crippen molar-refractivity contribution in [2.75, 3.05) is 0 Å². The van der Waals surface area contributed by atoms with Crippen molar-refractivity contribution in [1.29, 1.82) is 0 Å². The standard InChI is InChI=1S/C26H19ClN2O2/c27-22-14-12-19(13-15-22)25(30)16-21-11-10-18-6-4-5-9-23(18)24(21)17-28-29-26(31)20-7-2-1-3-8-20/h1-15,17H,16H2,(H,29,31)/b28-17+. The van der Waals surface area contributed by atoms with E-state index in [1.807, 2.05) is 42.5 Å². The van der Waals surface area contributed by atoms with Crippen LogP contribution in [0.5, 0.6) is 0 Å². The molecule has 0 aliphatic rings. The highest BCUT2D eigenvalue weighted by molar-refractivity contribution is 6.30. The Morgan fingerprint density at radius 3 is 2.29 bits per heavy atom. The second-order valence-corrected chi connectivity index (χ2v) is 7.47. The van der Waals surface area contributed by atoms with Crippen molar-refractivity contribution >= 4 is 40.3 Å². The first-order valence-corrected chi connectivity index (χ1v) is 10.2. The van der Waals surface area contributed by atoms with E-state index >= 15 is 0 Å². The van der Waals surface area contributed by atoms with Gasteiger partial charge < -0.3 is 0 Å². The van der Waals surface area contributed by atoms with E-state index in [2.05, 4.69) is 10.5 Å². The lowest BCUT2D eigenvalue weighted by Gasteiger charge is -2.10. The monoisotopic (exact) mass is 426 g/mol. The number of carbonyl (C=O) groups excluding carboxylic acids is 2. The topological polar surface area (TPSA) is 58.5 Å². The summed E-state index contributed by atoms with van der Waals surface area (Å²) in [7, 11) is 0. The van der Waals surface area contributed by atoms with Gasteiger partial charge in [0, 0.05) is 28.1 Å². The van der Waals surface area contributed by atoms with E-state index in [1.165, 1.54) is 0 Å². The summed E-state index contributed by atoms with van der Waals surface area (Å²) in [5.41, 5.74) is 5.31. The molecular formula is C26H19ClN2O2. The number of hydrogen-bond acceptors (Lipinski definition) is 3. The number of benzene rings is 4. The fraction of sp³-hybridized carbons (Fsp3) is 0.0385. The molecular weight excluding hydrogens is 408 g/mol. The molecule has 0 aliphatic heterocycles. The maximum absolute atomic E-state index is 12.8. The highest BCUT2D eigenvalue weighted by Gasteiger charge is 2.12. The number of amides is 1. The van der Waals surface area contributed by atoms with E-state index in [4.69, 9.17) is 11.6 Å². The Labute approximate surface area is 185 Å². The zero-order chi connectivity index (χ0) is 21.6. The summed E-state index contributed by atoms with van der Waals surface area (Å²) in [6.45, 7) is 0. The first-order valence-electron chi connectivity index (χ1n) is 9.79. The van der Waals surface area contributed by atoms with Crippen LogP contribution in [0.4, 0.5) is 0 Å². The molecule has 0 bridgehead atoms. The average Bonchev–Trinajstić information content (AvgIpc) is 2.81. The molecule has 152 valence electrons. The predicted molar refractivity (Wildman–Crippen MR) is 125 cm³/mol. The van der Waals surface area contributed by atoms with Gasteiger partial charge in [-0.15, -0.1) is 0 Å². The van der Waals surface area contributed by atoms with Gasteiger partial charge in [0.2, 0.25) is 0 Å². The van der Waals surface area contributed by atoms with Crippen LogP contribution in [0.25, 0.3) is 10.8 Å². The van der Waals surface area contributed by atoms with E-state index in [0.29, 0.717) is 16.1 Å². The summed E-state index contributed by atoms with van der Waals surface area (Å²) >= 11 is 5.93. The largest absolute Gasteiger partial charge is 0.294 e. The SMILES string of the molecule is O=C(Cc1ccc2ccccc2c1/C=N/NC(=O)c1ccccc1)c1ccc(Cl)cc1. The van der Waals surface area contributed by atoms with Crippen LogP contribution < -0.4 is 5.43 Å². The second kappa shape index (κ2) is 9.37. The molecule has 0 spiro atoms. The highest BCUT2D eigenvalue weighted by atomic mass is 35.5. The summed E-state index contributed by atoms with van der Waals surface area (Å²) in [5.74, 6) is -0.314. The minimum Gasteiger partial charge on any atom is -0.294 e. The van der Waals surface area contributed by atoms with Gasteiger partial charge in [-0.1, -0.05) is 66.2 Å². The van der Waals surface area contributed by atoms with Crippen LogP contribution in [0.15, 0.2) is 96.1 Å². The van der Waals surface area contributed by atoms with Crippen molar-refractivity contribution in [2.45, 2.75) is 6.42 Å². The zero-order valence-corrected chi connectivity index (χ0v) is 17.3.